The molecule has 0 unspecified atom stereocenters. The van der Waals surface area contributed by atoms with Crippen molar-refractivity contribution in [3.63, 3.8) is 0 Å². The molecule has 0 aliphatic heterocycles. The molecule has 2 aliphatic rings. The molecule has 8 rings (SSSR count). The molecule has 0 aromatic heterocycles. The van der Waals surface area contributed by atoms with Crippen molar-refractivity contribution >= 4 is 43.0 Å². The van der Waals surface area contributed by atoms with Crippen molar-refractivity contribution in [1.29, 1.82) is 0 Å². The van der Waals surface area contributed by atoms with Gasteiger partial charge in [-0.1, -0.05) is 131 Å². The number of hydrogen-bond donors (Lipinski definition) is 0. The van der Waals surface area contributed by atoms with Crippen LogP contribution in [0.5, 0.6) is 0 Å². The third-order valence-electron chi connectivity index (χ3n) is 8.35. The van der Waals surface area contributed by atoms with E-state index >= 15 is 0 Å². The second-order valence-electron chi connectivity index (χ2n) is 10.5. The van der Waals surface area contributed by atoms with Gasteiger partial charge >= 0.3 is 0 Å². The van der Waals surface area contributed by atoms with Crippen LogP contribution in [0.1, 0.15) is 18.4 Å². The molecule has 6 aromatic rings. The molecule has 0 fully saturated rings. The topological polar surface area (TPSA) is 0 Å². The lowest BCUT2D eigenvalue weighted by atomic mass is 9.81. The first kappa shape index (κ1) is 22.8. The van der Waals surface area contributed by atoms with Crippen LogP contribution in [0.15, 0.2) is 132 Å². The van der Waals surface area contributed by atoms with Gasteiger partial charge in [-0.05, 0) is 102 Å². The highest BCUT2D eigenvalue weighted by Gasteiger charge is 2.31. The Morgan fingerprint density at radius 1 is 0.487 bits per heavy atom. The van der Waals surface area contributed by atoms with Gasteiger partial charge in [0.05, 0.1) is 0 Å². The van der Waals surface area contributed by atoms with E-state index in [1.54, 1.807) is 0 Å². The first-order valence-electron chi connectivity index (χ1n) is 13.6. The van der Waals surface area contributed by atoms with Gasteiger partial charge in [0.2, 0.25) is 0 Å². The van der Waals surface area contributed by atoms with Crippen LogP contribution < -0.4 is 0 Å². The summed E-state index contributed by atoms with van der Waals surface area (Å²) >= 11 is 3.61. The third-order valence-corrected chi connectivity index (χ3v) is 8.88. The molecular weight excluding hydrogens is 536 g/mol. The summed E-state index contributed by atoms with van der Waals surface area (Å²) in [6, 6.07) is 40.3. The largest absolute Gasteiger partial charge is 0.0842 e. The SMILES string of the molecule is Brc1ccc(-c2ccc3c4c(cccc24)-c2c-3c(-c3ccccc3)c3ccccc3c2C2=CC=CCC2)cc1. The summed E-state index contributed by atoms with van der Waals surface area (Å²) in [5.41, 5.74) is 13.4. The molecule has 0 spiro atoms. The lowest BCUT2D eigenvalue weighted by molar-refractivity contribution is 1.06. The van der Waals surface area contributed by atoms with Gasteiger partial charge in [-0.25, -0.2) is 0 Å². The minimum Gasteiger partial charge on any atom is -0.0842 e. The quantitative estimate of drug-likeness (QED) is 0.201. The van der Waals surface area contributed by atoms with E-state index in [2.05, 4.69) is 143 Å². The molecule has 0 N–H and O–H groups in total. The number of halogens is 1. The fourth-order valence-corrected chi connectivity index (χ4v) is 7.00. The monoisotopic (exact) mass is 560 g/mol. The molecule has 0 radical (unpaired) electrons. The summed E-state index contributed by atoms with van der Waals surface area (Å²) in [6.07, 6.45) is 9.00. The Hall–Kier alpha value is -4.20. The lowest BCUT2D eigenvalue weighted by Gasteiger charge is -2.22. The third kappa shape index (κ3) is 3.43. The van der Waals surface area contributed by atoms with Crippen LogP contribution in [0.3, 0.4) is 0 Å². The normalized spacial score (nSPS) is 13.6. The minimum absolute atomic E-state index is 1.06. The maximum atomic E-state index is 3.61. The van der Waals surface area contributed by atoms with Crippen molar-refractivity contribution in [3.05, 3.63) is 137 Å². The van der Waals surface area contributed by atoms with Gasteiger partial charge in [-0.3, -0.25) is 0 Å². The van der Waals surface area contributed by atoms with Crippen molar-refractivity contribution in [3.8, 4) is 44.5 Å². The Kier molecular flexibility index (Phi) is 5.21. The summed E-state index contributed by atoms with van der Waals surface area (Å²) < 4.78 is 1.10. The number of rotatable bonds is 3. The molecule has 39 heavy (non-hydrogen) atoms. The molecule has 0 atom stereocenters. The fraction of sp³-hybridized carbons (Fsp3) is 0.0526. The van der Waals surface area contributed by atoms with Gasteiger partial charge in [-0.15, -0.1) is 0 Å². The number of hydrogen-bond acceptors (Lipinski definition) is 0. The smallest absolute Gasteiger partial charge is 0.0175 e. The van der Waals surface area contributed by atoms with Gasteiger partial charge < -0.3 is 0 Å². The van der Waals surface area contributed by atoms with Gasteiger partial charge in [0.15, 0.2) is 0 Å². The zero-order chi connectivity index (χ0) is 25.9. The van der Waals surface area contributed by atoms with Crippen molar-refractivity contribution in [2.75, 3.05) is 0 Å². The van der Waals surface area contributed by atoms with Crippen LogP contribution in [-0.4, -0.2) is 0 Å². The summed E-state index contributed by atoms with van der Waals surface area (Å²) in [6.45, 7) is 0. The van der Waals surface area contributed by atoms with E-state index < -0.39 is 0 Å². The van der Waals surface area contributed by atoms with Crippen molar-refractivity contribution < 1.29 is 0 Å². The Labute approximate surface area is 237 Å². The van der Waals surface area contributed by atoms with Gasteiger partial charge in [-0.2, -0.15) is 0 Å². The van der Waals surface area contributed by atoms with Crippen LogP contribution in [0.2, 0.25) is 0 Å². The first-order valence-corrected chi connectivity index (χ1v) is 14.4. The highest BCUT2D eigenvalue weighted by molar-refractivity contribution is 9.10. The van der Waals surface area contributed by atoms with Crippen LogP contribution >= 0.6 is 15.9 Å². The summed E-state index contributed by atoms with van der Waals surface area (Å²) in [4.78, 5) is 0. The second-order valence-corrected chi connectivity index (χ2v) is 11.4. The lowest BCUT2D eigenvalue weighted by Crippen LogP contribution is -1.97. The molecular formula is C38H25Br. The average Bonchev–Trinajstić information content (AvgIpc) is 3.32. The molecule has 6 aromatic carbocycles. The number of fused-ring (bicyclic) bond motifs is 4. The minimum atomic E-state index is 1.06. The Bertz CT molecular complexity index is 1990. The van der Waals surface area contributed by atoms with Crippen LogP contribution in [0.25, 0.3) is 71.6 Å². The van der Waals surface area contributed by atoms with E-state index in [1.165, 1.54) is 77.2 Å². The van der Waals surface area contributed by atoms with E-state index in [9.17, 15) is 0 Å². The first-order chi connectivity index (χ1) is 19.3. The highest BCUT2D eigenvalue weighted by Crippen LogP contribution is 2.57. The molecule has 184 valence electrons. The summed E-state index contributed by atoms with van der Waals surface area (Å²) in [7, 11) is 0. The van der Waals surface area contributed by atoms with Crippen molar-refractivity contribution in [2.45, 2.75) is 12.8 Å². The van der Waals surface area contributed by atoms with Crippen molar-refractivity contribution in [1.82, 2.24) is 0 Å². The molecule has 2 aliphatic carbocycles. The van der Waals surface area contributed by atoms with Gasteiger partial charge in [0.1, 0.15) is 0 Å². The molecule has 0 heterocycles. The predicted octanol–water partition coefficient (Wildman–Crippen LogP) is 11.5. The molecule has 0 nitrogen and oxygen atoms in total. The molecule has 0 saturated heterocycles. The Morgan fingerprint density at radius 3 is 1.92 bits per heavy atom. The Morgan fingerprint density at radius 2 is 1.15 bits per heavy atom. The van der Waals surface area contributed by atoms with Crippen LogP contribution in [0, 0.1) is 0 Å². The molecule has 0 saturated carbocycles. The Balaban J connectivity index is 1.55. The fourth-order valence-electron chi connectivity index (χ4n) is 6.73. The average molecular weight is 562 g/mol. The van der Waals surface area contributed by atoms with Crippen LogP contribution in [-0.2, 0) is 0 Å². The highest BCUT2D eigenvalue weighted by atomic mass is 79.9. The molecule has 0 bridgehead atoms. The van der Waals surface area contributed by atoms with E-state index in [0.717, 1.165) is 17.3 Å². The number of benzene rings is 6. The van der Waals surface area contributed by atoms with E-state index in [4.69, 9.17) is 0 Å². The van der Waals surface area contributed by atoms with Gasteiger partial charge in [0, 0.05) is 4.47 Å². The van der Waals surface area contributed by atoms with Crippen molar-refractivity contribution in [2.24, 2.45) is 0 Å². The molecule has 0 amide bonds. The molecule has 1 heteroatoms. The zero-order valence-corrected chi connectivity index (χ0v) is 23.0. The van der Waals surface area contributed by atoms with Gasteiger partial charge in [0.25, 0.3) is 0 Å². The zero-order valence-electron chi connectivity index (χ0n) is 21.4. The predicted molar refractivity (Wildman–Crippen MR) is 171 cm³/mol. The second kappa shape index (κ2) is 8.93. The summed E-state index contributed by atoms with van der Waals surface area (Å²) in [5.74, 6) is 0. The van der Waals surface area contributed by atoms with Crippen LogP contribution in [0.4, 0.5) is 0 Å². The number of allylic oxidation sites excluding steroid dienone is 4. The van der Waals surface area contributed by atoms with E-state index in [-0.39, 0.29) is 0 Å². The van der Waals surface area contributed by atoms with E-state index in [1.807, 2.05) is 0 Å². The maximum absolute atomic E-state index is 3.61. The standard InChI is InChI=1S/C38H25Br/c39-27-20-18-24(19-21-27)28-22-23-33-36-29(28)16-9-17-32(36)37-34(25-10-3-1-4-11-25)30-14-7-8-15-31(30)35(38(33)37)26-12-5-2-6-13-26/h1-3,5-10,12-23H,4,11H2. The summed E-state index contributed by atoms with van der Waals surface area (Å²) in [5, 5.41) is 5.35. The van der Waals surface area contributed by atoms with E-state index in [0.29, 0.717) is 0 Å². The maximum Gasteiger partial charge on any atom is 0.0175 e.